The Morgan fingerprint density at radius 1 is 1.50 bits per heavy atom. The average Bonchev–Trinajstić information content (AvgIpc) is 2.46. The van der Waals surface area contributed by atoms with Crippen LogP contribution in [0.25, 0.3) is 0 Å². The Balaban J connectivity index is 1.84. The molecular weight excluding hydrogens is 244 g/mol. The molecule has 1 unspecified atom stereocenters. The van der Waals surface area contributed by atoms with Crippen molar-refractivity contribution in [1.82, 2.24) is 5.32 Å². The third-order valence-electron chi connectivity index (χ3n) is 3.31. The molecule has 1 aromatic rings. The van der Waals surface area contributed by atoms with Gasteiger partial charge in [-0.15, -0.1) is 0 Å². The van der Waals surface area contributed by atoms with Crippen LogP contribution in [0.5, 0.6) is 5.75 Å². The second kappa shape index (κ2) is 6.90. The van der Waals surface area contributed by atoms with Crippen molar-refractivity contribution in [3.8, 4) is 5.75 Å². The van der Waals surface area contributed by atoms with Crippen molar-refractivity contribution in [2.75, 3.05) is 43.7 Å². The van der Waals surface area contributed by atoms with Crippen LogP contribution in [0.3, 0.4) is 0 Å². The lowest BCUT2D eigenvalue weighted by molar-refractivity contribution is 0.415. The molecule has 0 radical (unpaired) electrons. The third-order valence-corrected chi connectivity index (χ3v) is 4.44. The van der Waals surface area contributed by atoms with Crippen molar-refractivity contribution < 1.29 is 4.74 Å². The fourth-order valence-corrected chi connectivity index (χ4v) is 3.13. The van der Waals surface area contributed by atoms with E-state index in [9.17, 15) is 0 Å². The molecule has 0 saturated carbocycles. The van der Waals surface area contributed by atoms with Crippen LogP contribution in [0.1, 0.15) is 6.42 Å². The Morgan fingerprint density at radius 2 is 2.39 bits per heavy atom. The van der Waals surface area contributed by atoms with Crippen molar-refractivity contribution in [2.24, 2.45) is 0 Å². The fourth-order valence-electron chi connectivity index (χ4n) is 2.13. The minimum Gasteiger partial charge on any atom is -0.497 e. The number of hydrogen-bond donors (Lipinski definition) is 1. The summed E-state index contributed by atoms with van der Waals surface area (Å²) in [5.74, 6) is 3.42. The van der Waals surface area contributed by atoms with E-state index in [0.717, 1.165) is 18.8 Å². The Labute approximate surface area is 114 Å². The molecule has 0 aromatic heterocycles. The molecule has 1 heterocycles. The van der Waals surface area contributed by atoms with E-state index in [1.54, 1.807) is 7.11 Å². The van der Waals surface area contributed by atoms with Crippen LogP contribution in [0.2, 0.25) is 0 Å². The number of methoxy groups -OCH3 is 1. The zero-order chi connectivity index (χ0) is 12.8. The molecule has 1 aliphatic heterocycles. The average molecular weight is 266 g/mol. The molecule has 1 aliphatic rings. The standard InChI is InChI=1S/C14H22N2OS/c1-16(8-6-12-11-18-9-7-15-12)13-4-3-5-14(10-13)17-2/h3-5,10,12,15H,6-9,11H2,1-2H3. The van der Waals surface area contributed by atoms with Gasteiger partial charge in [-0.25, -0.2) is 0 Å². The van der Waals surface area contributed by atoms with Crippen LogP contribution in [0, 0.1) is 0 Å². The highest BCUT2D eigenvalue weighted by Gasteiger charge is 2.13. The van der Waals surface area contributed by atoms with Gasteiger partial charge in [0.15, 0.2) is 0 Å². The number of rotatable bonds is 5. The van der Waals surface area contributed by atoms with Gasteiger partial charge in [0, 0.05) is 49.4 Å². The van der Waals surface area contributed by atoms with Gasteiger partial charge in [-0.3, -0.25) is 0 Å². The van der Waals surface area contributed by atoms with Gasteiger partial charge in [-0.2, -0.15) is 11.8 Å². The molecule has 2 rings (SSSR count). The van der Waals surface area contributed by atoms with Crippen LogP contribution in [0.4, 0.5) is 5.69 Å². The van der Waals surface area contributed by atoms with Crippen LogP contribution >= 0.6 is 11.8 Å². The lowest BCUT2D eigenvalue weighted by atomic mass is 10.2. The van der Waals surface area contributed by atoms with Crippen LogP contribution in [-0.4, -0.2) is 44.8 Å². The third kappa shape index (κ3) is 3.82. The number of thioether (sulfide) groups is 1. The summed E-state index contributed by atoms with van der Waals surface area (Å²) in [7, 11) is 3.85. The van der Waals surface area contributed by atoms with Crippen molar-refractivity contribution >= 4 is 17.4 Å². The predicted octanol–water partition coefficient (Wildman–Crippen LogP) is 2.23. The van der Waals surface area contributed by atoms with Crippen molar-refractivity contribution in [2.45, 2.75) is 12.5 Å². The molecule has 0 spiro atoms. The Bertz CT molecular complexity index is 367. The minimum atomic E-state index is 0.664. The number of benzene rings is 1. The predicted molar refractivity (Wildman–Crippen MR) is 80.0 cm³/mol. The fraction of sp³-hybridized carbons (Fsp3) is 0.571. The highest BCUT2D eigenvalue weighted by Crippen LogP contribution is 2.20. The molecule has 3 nitrogen and oxygen atoms in total. The molecule has 100 valence electrons. The first-order valence-corrected chi connectivity index (χ1v) is 7.61. The van der Waals surface area contributed by atoms with Gasteiger partial charge >= 0.3 is 0 Å². The monoisotopic (exact) mass is 266 g/mol. The zero-order valence-corrected chi connectivity index (χ0v) is 12.0. The molecule has 1 aromatic carbocycles. The molecule has 0 amide bonds. The van der Waals surface area contributed by atoms with E-state index in [1.807, 2.05) is 12.1 Å². The maximum atomic E-state index is 5.26. The summed E-state index contributed by atoms with van der Waals surface area (Å²) < 4.78 is 5.26. The minimum absolute atomic E-state index is 0.664. The maximum Gasteiger partial charge on any atom is 0.120 e. The highest BCUT2D eigenvalue weighted by atomic mass is 32.2. The summed E-state index contributed by atoms with van der Waals surface area (Å²) in [4.78, 5) is 2.30. The van der Waals surface area contributed by atoms with Crippen LogP contribution < -0.4 is 15.0 Å². The summed E-state index contributed by atoms with van der Waals surface area (Å²) in [6.07, 6.45) is 1.20. The summed E-state index contributed by atoms with van der Waals surface area (Å²) in [5.41, 5.74) is 1.22. The van der Waals surface area contributed by atoms with Gasteiger partial charge in [0.2, 0.25) is 0 Å². The van der Waals surface area contributed by atoms with E-state index in [1.165, 1.54) is 23.6 Å². The molecule has 1 saturated heterocycles. The molecule has 0 aliphatic carbocycles. The molecule has 1 fully saturated rings. The van der Waals surface area contributed by atoms with Gasteiger partial charge in [0.05, 0.1) is 7.11 Å². The molecule has 4 heteroatoms. The van der Waals surface area contributed by atoms with E-state index in [4.69, 9.17) is 4.74 Å². The number of nitrogens with one attached hydrogen (secondary N) is 1. The molecule has 0 bridgehead atoms. The molecular formula is C14H22N2OS. The number of ether oxygens (including phenoxy) is 1. The summed E-state index contributed by atoms with van der Waals surface area (Å²) in [5, 5.41) is 3.58. The van der Waals surface area contributed by atoms with Crippen molar-refractivity contribution in [3.05, 3.63) is 24.3 Å². The first kappa shape index (κ1) is 13.6. The first-order chi connectivity index (χ1) is 8.79. The molecule has 1 atom stereocenters. The quantitative estimate of drug-likeness (QED) is 0.883. The van der Waals surface area contributed by atoms with E-state index in [0.29, 0.717) is 6.04 Å². The van der Waals surface area contributed by atoms with E-state index >= 15 is 0 Å². The van der Waals surface area contributed by atoms with Gasteiger partial charge < -0.3 is 15.0 Å². The lowest BCUT2D eigenvalue weighted by Gasteiger charge is -2.26. The second-order valence-electron chi connectivity index (χ2n) is 4.64. The smallest absolute Gasteiger partial charge is 0.120 e. The SMILES string of the molecule is COc1cccc(N(C)CCC2CSCCN2)c1. The first-order valence-electron chi connectivity index (χ1n) is 6.46. The van der Waals surface area contributed by atoms with Crippen LogP contribution in [0.15, 0.2) is 24.3 Å². The number of nitrogens with zero attached hydrogens (tertiary/aromatic N) is 1. The molecule has 1 N–H and O–H groups in total. The Hall–Kier alpha value is -0.870. The summed E-state index contributed by atoms with van der Waals surface area (Å²) in [6.45, 7) is 2.23. The van der Waals surface area contributed by atoms with E-state index in [-0.39, 0.29) is 0 Å². The zero-order valence-electron chi connectivity index (χ0n) is 11.2. The van der Waals surface area contributed by atoms with Crippen molar-refractivity contribution in [3.63, 3.8) is 0 Å². The van der Waals surface area contributed by atoms with E-state index < -0.39 is 0 Å². The second-order valence-corrected chi connectivity index (χ2v) is 5.79. The van der Waals surface area contributed by atoms with Crippen molar-refractivity contribution in [1.29, 1.82) is 0 Å². The Kier molecular flexibility index (Phi) is 5.20. The largest absolute Gasteiger partial charge is 0.497 e. The van der Waals surface area contributed by atoms with Gasteiger partial charge in [0.1, 0.15) is 5.75 Å². The normalized spacial score (nSPS) is 19.6. The summed E-state index contributed by atoms with van der Waals surface area (Å²) in [6, 6.07) is 8.90. The van der Waals surface area contributed by atoms with Crippen LogP contribution in [-0.2, 0) is 0 Å². The number of hydrogen-bond acceptors (Lipinski definition) is 4. The Morgan fingerprint density at radius 3 is 3.11 bits per heavy atom. The lowest BCUT2D eigenvalue weighted by Crippen LogP contribution is -2.39. The van der Waals surface area contributed by atoms with Gasteiger partial charge in [-0.1, -0.05) is 6.07 Å². The highest BCUT2D eigenvalue weighted by molar-refractivity contribution is 7.99. The molecule has 18 heavy (non-hydrogen) atoms. The van der Waals surface area contributed by atoms with Gasteiger partial charge in [-0.05, 0) is 18.6 Å². The van der Waals surface area contributed by atoms with Gasteiger partial charge in [0.25, 0.3) is 0 Å². The summed E-state index contributed by atoms with van der Waals surface area (Å²) >= 11 is 2.06. The van der Waals surface area contributed by atoms with E-state index in [2.05, 4.69) is 41.2 Å². The number of anilines is 1. The topological polar surface area (TPSA) is 24.5 Å². The maximum absolute atomic E-state index is 5.26.